The lowest BCUT2D eigenvalue weighted by Crippen LogP contribution is -2.46. The highest BCUT2D eigenvalue weighted by Crippen LogP contribution is 2.60. The number of benzene rings is 7. The number of nitrogens with one attached hydrogen (secondary N) is 1. The first-order valence-electron chi connectivity index (χ1n) is 29.2. The highest BCUT2D eigenvalue weighted by Gasteiger charge is 2.48. The van der Waals surface area contributed by atoms with Crippen molar-refractivity contribution in [2.45, 2.75) is 200 Å². The zero-order chi connectivity index (χ0) is 53.8. The van der Waals surface area contributed by atoms with Gasteiger partial charge in [0.1, 0.15) is 0 Å². The van der Waals surface area contributed by atoms with Crippen molar-refractivity contribution in [3.63, 3.8) is 0 Å². The number of hydrogen-bond donors (Lipinski definition) is 1. The van der Waals surface area contributed by atoms with E-state index in [0.717, 1.165) is 20.1 Å². The second-order valence-electron chi connectivity index (χ2n) is 29.8. The Bertz CT molecular complexity index is 3680. The molecule has 0 saturated carbocycles. The van der Waals surface area contributed by atoms with E-state index in [9.17, 15) is 0 Å². The second kappa shape index (κ2) is 15.7. The van der Waals surface area contributed by atoms with Gasteiger partial charge in [-0.2, -0.15) is 0 Å². The molecule has 0 fully saturated rings. The summed E-state index contributed by atoms with van der Waals surface area (Å²) in [5, 5.41) is 4.29. The molecule has 0 spiro atoms. The summed E-state index contributed by atoms with van der Waals surface area (Å²) >= 11 is 0. The first kappa shape index (κ1) is 49.8. The Labute approximate surface area is 457 Å². The molecule has 0 unspecified atom stereocenters. The molecule has 0 radical (unpaired) electrons. The third kappa shape index (κ3) is 6.91. The van der Waals surface area contributed by atoms with Gasteiger partial charge < -0.3 is 10.2 Å². The first-order valence-corrected chi connectivity index (χ1v) is 29.2. The fourth-order valence-corrected chi connectivity index (χ4v) is 16.2. The van der Waals surface area contributed by atoms with Crippen LogP contribution in [0.4, 0.5) is 28.4 Å². The zero-order valence-electron chi connectivity index (χ0n) is 49.3. The topological polar surface area (TPSA) is 15.3 Å². The van der Waals surface area contributed by atoms with Crippen LogP contribution in [0.2, 0.25) is 0 Å². The van der Waals surface area contributed by atoms with Gasteiger partial charge in [0.25, 0.3) is 0 Å². The summed E-state index contributed by atoms with van der Waals surface area (Å²) in [7, 11) is 0.840. The SMILES string of the molecule is Cc1cc2c(cc1N1c3ccc4c(c3Bc3c(-c5cc6c(cc5Nc5ccc7c(c5)C(C)(C)CCC7(C)C)C(C)(C)CCC6(C)C)cc5c(c31)C(C)(C)c1ccccc1-5)C(C)(C)c1ccccc1-4)C(C)(C)CCC2(C)C. The largest absolute Gasteiger partial charge is 0.355 e. The molecule has 0 aromatic heterocycles. The monoisotopic (exact) mass is 999 g/mol. The van der Waals surface area contributed by atoms with Crippen molar-refractivity contribution >= 4 is 46.6 Å². The van der Waals surface area contributed by atoms with Crippen molar-refractivity contribution in [1.29, 1.82) is 0 Å². The number of aryl methyl sites for hydroxylation is 1. The van der Waals surface area contributed by atoms with Crippen LogP contribution in [-0.4, -0.2) is 7.28 Å². The Hall–Kier alpha value is -5.80. The Kier molecular flexibility index (Phi) is 10.3. The van der Waals surface area contributed by atoms with Crippen LogP contribution in [0.15, 0.2) is 109 Å². The van der Waals surface area contributed by atoms with E-state index in [1.54, 1.807) is 0 Å². The maximum Gasteiger partial charge on any atom is 0.199 e. The Morgan fingerprint density at radius 3 is 1.45 bits per heavy atom. The highest BCUT2D eigenvalue weighted by atomic mass is 15.2. The summed E-state index contributed by atoms with van der Waals surface area (Å²) in [5.74, 6) is 0. The van der Waals surface area contributed by atoms with E-state index in [1.807, 2.05) is 0 Å². The van der Waals surface area contributed by atoms with E-state index < -0.39 is 0 Å². The molecule has 1 heterocycles. The average molecular weight is 999 g/mol. The molecule has 0 saturated heterocycles. The molecule has 388 valence electrons. The van der Waals surface area contributed by atoms with Crippen molar-refractivity contribution in [2.75, 3.05) is 10.2 Å². The van der Waals surface area contributed by atoms with Gasteiger partial charge in [-0.3, -0.25) is 0 Å². The molecule has 76 heavy (non-hydrogen) atoms. The summed E-state index contributed by atoms with van der Waals surface area (Å²) in [6.45, 7) is 42.2. The second-order valence-corrected chi connectivity index (χ2v) is 29.8. The van der Waals surface area contributed by atoms with E-state index in [0.29, 0.717) is 0 Å². The smallest absolute Gasteiger partial charge is 0.199 e. The third-order valence-electron chi connectivity index (χ3n) is 21.4. The summed E-state index contributed by atoms with van der Waals surface area (Å²) in [4.78, 5) is 2.82. The molecule has 2 nitrogen and oxygen atoms in total. The molecule has 1 N–H and O–H groups in total. The summed E-state index contributed by atoms with van der Waals surface area (Å²) in [6, 6.07) is 44.2. The standard InChI is InChI=1S/C73H83BN2/c1-42-36-53-57(71(12,13)35-32-67(53,4)5)41-60(42)76-59-29-27-46-44-22-18-20-24-50(44)72(14,15)61(46)64(59)74-63-49(38-48-45-23-19-21-25-51(45)73(16,17)62(48)65(63)76)47-39-55-56(70(10,11)34-33-69(55,8)9)40-58(47)75-43-26-28-52-54(37-43)68(6,7)31-30-66(52,2)3/h18-29,36-41,74-75H,30-35H2,1-17H3. The van der Waals surface area contributed by atoms with Crippen LogP contribution in [0, 0.1) is 6.92 Å². The number of nitrogens with zero attached hydrogens (tertiary/aromatic N) is 1. The maximum atomic E-state index is 4.29. The predicted octanol–water partition coefficient (Wildman–Crippen LogP) is 18.2. The molecular weight excluding hydrogens is 916 g/mol. The number of hydrogen-bond acceptors (Lipinski definition) is 2. The van der Waals surface area contributed by atoms with Gasteiger partial charge in [0.2, 0.25) is 0 Å². The van der Waals surface area contributed by atoms with Crippen molar-refractivity contribution < 1.29 is 0 Å². The van der Waals surface area contributed by atoms with Crippen molar-refractivity contribution in [2.24, 2.45) is 0 Å². The Balaban J connectivity index is 1.16. The lowest BCUT2D eigenvalue weighted by Gasteiger charge is -2.45. The normalized spacial score (nSPS) is 21.0. The van der Waals surface area contributed by atoms with Crippen molar-refractivity contribution in [1.82, 2.24) is 0 Å². The molecule has 6 aliphatic rings. The number of anilines is 5. The minimum absolute atomic E-state index is 0.0149. The van der Waals surface area contributed by atoms with Crippen LogP contribution < -0.4 is 21.1 Å². The van der Waals surface area contributed by atoms with E-state index in [2.05, 4.69) is 237 Å². The summed E-state index contributed by atoms with van der Waals surface area (Å²) in [5.41, 5.74) is 33.6. The molecule has 1 aliphatic heterocycles. The van der Waals surface area contributed by atoms with Crippen LogP contribution >= 0.6 is 0 Å². The van der Waals surface area contributed by atoms with Crippen molar-refractivity contribution in [3.8, 4) is 33.4 Å². The molecule has 13 rings (SSSR count). The van der Waals surface area contributed by atoms with E-state index in [1.165, 1.54) is 160 Å². The van der Waals surface area contributed by atoms with Gasteiger partial charge in [-0.25, -0.2) is 0 Å². The van der Waals surface area contributed by atoms with Gasteiger partial charge in [0, 0.05) is 44.8 Å². The van der Waals surface area contributed by atoms with Gasteiger partial charge in [-0.1, -0.05) is 183 Å². The third-order valence-corrected chi connectivity index (χ3v) is 21.4. The lowest BCUT2D eigenvalue weighted by atomic mass is 9.53. The summed E-state index contributed by atoms with van der Waals surface area (Å²) in [6.07, 6.45) is 7.08. The van der Waals surface area contributed by atoms with Crippen LogP contribution in [0.3, 0.4) is 0 Å². The molecule has 0 bridgehead atoms. The Morgan fingerprint density at radius 2 is 0.855 bits per heavy atom. The van der Waals surface area contributed by atoms with Gasteiger partial charge in [0.15, 0.2) is 7.28 Å². The van der Waals surface area contributed by atoms with Crippen molar-refractivity contribution in [3.05, 3.63) is 170 Å². The first-order chi connectivity index (χ1) is 35.6. The maximum absolute atomic E-state index is 4.29. The van der Waals surface area contributed by atoms with Gasteiger partial charge >= 0.3 is 0 Å². The molecule has 3 heteroatoms. The van der Waals surface area contributed by atoms with E-state index in [4.69, 9.17) is 0 Å². The lowest BCUT2D eigenvalue weighted by molar-refractivity contribution is 0.332. The minimum Gasteiger partial charge on any atom is -0.355 e. The summed E-state index contributed by atoms with van der Waals surface area (Å²) < 4.78 is 0. The molecular formula is C73H83BN2. The van der Waals surface area contributed by atoms with Gasteiger partial charge in [-0.15, -0.1) is 0 Å². The van der Waals surface area contributed by atoms with Gasteiger partial charge in [0.05, 0.1) is 0 Å². The van der Waals surface area contributed by atoms with E-state index in [-0.39, 0.29) is 43.3 Å². The fourth-order valence-electron chi connectivity index (χ4n) is 16.2. The predicted molar refractivity (Wildman–Crippen MR) is 328 cm³/mol. The van der Waals surface area contributed by atoms with Crippen LogP contribution in [-0.2, 0) is 43.3 Å². The Morgan fingerprint density at radius 1 is 0.368 bits per heavy atom. The number of rotatable bonds is 4. The fraction of sp³-hybridized carbons (Fsp3) is 0.425. The van der Waals surface area contributed by atoms with Crippen LogP contribution in [0.1, 0.15) is 211 Å². The quantitative estimate of drug-likeness (QED) is 0.177. The van der Waals surface area contributed by atoms with Crippen LogP contribution in [0.5, 0.6) is 0 Å². The minimum atomic E-state index is -0.257. The van der Waals surface area contributed by atoms with Crippen LogP contribution in [0.25, 0.3) is 33.4 Å². The molecule has 7 aromatic carbocycles. The molecule has 7 aromatic rings. The molecule has 0 amide bonds. The van der Waals surface area contributed by atoms with Gasteiger partial charge in [-0.05, 0) is 215 Å². The highest BCUT2D eigenvalue weighted by molar-refractivity contribution is 6.74. The molecule has 5 aliphatic carbocycles. The van der Waals surface area contributed by atoms with E-state index >= 15 is 0 Å². The number of fused-ring (bicyclic) bond motifs is 13. The average Bonchev–Trinajstić information content (AvgIpc) is 3.88. The molecule has 0 atom stereocenters. The zero-order valence-corrected chi connectivity index (χ0v) is 49.3.